The van der Waals surface area contributed by atoms with Crippen molar-refractivity contribution in [1.29, 1.82) is 0 Å². The highest BCUT2D eigenvalue weighted by Gasteiger charge is 2.37. The Balaban J connectivity index is 1.34. The molecule has 0 radical (unpaired) electrons. The predicted octanol–water partition coefficient (Wildman–Crippen LogP) is 2.93. The molecule has 0 saturated carbocycles. The van der Waals surface area contributed by atoms with E-state index in [9.17, 15) is 4.39 Å². The summed E-state index contributed by atoms with van der Waals surface area (Å²) in [7, 11) is 0. The van der Waals surface area contributed by atoms with Crippen molar-refractivity contribution in [2.75, 3.05) is 38.2 Å². The lowest BCUT2D eigenvalue weighted by Crippen LogP contribution is -2.55. The molecule has 160 valence electrons. The molecule has 2 fully saturated rings. The molecule has 0 spiro atoms. The third kappa shape index (κ3) is 3.48. The van der Waals surface area contributed by atoms with Gasteiger partial charge in [-0.3, -0.25) is 4.90 Å². The molecule has 11 heteroatoms. The van der Waals surface area contributed by atoms with Crippen molar-refractivity contribution in [3.63, 3.8) is 0 Å². The van der Waals surface area contributed by atoms with Gasteiger partial charge in [-0.05, 0) is 19.4 Å². The third-order valence-electron chi connectivity index (χ3n) is 5.63. The average molecular weight is 436 g/mol. The molecule has 5 rings (SSSR count). The average Bonchev–Trinajstić information content (AvgIpc) is 3.29. The second-order valence-electron chi connectivity index (χ2n) is 7.50. The molecule has 3 aromatic heterocycles. The minimum absolute atomic E-state index is 0.325. The van der Waals surface area contributed by atoms with Crippen LogP contribution in [0.5, 0.6) is 5.88 Å². The SMILES string of the molecule is CCOc1nc(Nc2cnn([C@H]3CCN(C4COC4)C[C@@H]3F)c2Cl)nc2[nH]ccc12. The topological polar surface area (TPSA) is 93.1 Å². The van der Waals surface area contributed by atoms with Gasteiger partial charge in [0.2, 0.25) is 11.8 Å². The number of nitrogens with zero attached hydrogens (tertiary/aromatic N) is 5. The Morgan fingerprint density at radius 1 is 1.40 bits per heavy atom. The van der Waals surface area contributed by atoms with Gasteiger partial charge in [0.15, 0.2) is 5.15 Å². The number of H-pyrrole nitrogens is 1. The van der Waals surface area contributed by atoms with Gasteiger partial charge in [0.25, 0.3) is 0 Å². The summed E-state index contributed by atoms with van der Waals surface area (Å²) in [6, 6.07) is 1.78. The molecule has 2 saturated heterocycles. The first-order valence-corrected chi connectivity index (χ1v) is 10.5. The second-order valence-corrected chi connectivity index (χ2v) is 7.86. The fourth-order valence-electron chi connectivity index (χ4n) is 3.96. The normalized spacial score (nSPS) is 22.9. The van der Waals surface area contributed by atoms with Crippen molar-refractivity contribution in [2.45, 2.75) is 31.6 Å². The van der Waals surface area contributed by atoms with Gasteiger partial charge in [0.05, 0.1) is 49.2 Å². The number of alkyl halides is 1. The molecule has 0 amide bonds. The van der Waals surface area contributed by atoms with E-state index in [1.807, 2.05) is 13.0 Å². The quantitative estimate of drug-likeness (QED) is 0.614. The van der Waals surface area contributed by atoms with Crippen LogP contribution >= 0.6 is 11.6 Å². The number of anilines is 2. The summed E-state index contributed by atoms with van der Waals surface area (Å²) in [5.74, 6) is 0.803. The van der Waals surface area contributed by atoms with Gasteiger partial charge < -0.3 is 19.8 Å². The van der Waals surface area contributed by atoms with Gasteiger partial charge in [-0.15, -0.1) is 0 Å². The van der Waals surface area contributed by atoms with Crippen LogP contribution in [0.15, 0.2) is 18.5 Å². The predicted molar refractivity (Wildman–Crippen MR) is 110 cm³/mol. The molecule has 5 heterocycles. The highest BCUT2D eigenvalue weighted by atomic mass is 35.5. The molecule has 2 aliphatic rings. The van der Waals surface area contributed by atoms with Gasteiger partial charge in [0, 0.05) is 19.3 Å². The van der Waals surface area contributed by atoms with E-state index in [4.69, 9.17) is 21.1 Å². The zero-order valence-corrected chi connectivity index (χ0v) is 17.3. The molecule has 2 aliphatic heterocycles. The van der Waals surface area contributed by atoms with E-state index in [1.165, 1.54) is 0 Å². The summed E-state index contributed by atoms with van der Waals surface area (Å²) in [5, 5.41) is 8.56. The molecule has 0 aromatic carbocycles. The maximum absolute atomic E-state index is 14.9. The summed E-state index contributed by atoms with van der Waals surface area (Å²) in [6.07, 6.45) is 2.93. The number of piperidine rings is 1. The van der Waals surface area contributed by atoms with E-state index >= 15 is 0 Å². The minimum atomic E-state index is -1.05. The van der Waals surface area contributed by atoms with Crippen LogP contribution in [0.1, 0.15) is 19.4 Å². The number of nitrogens with one attached hydrogen (secondary N) is 2. The Morgan fingerprint density at radius 3 is 3.00 bits per heavy atom. The number of likely N-dealkylation sites (tertiary alicyclic amines) is 1. The van der Waals surface area contributed by atoms with Crippen LogP contribution in [-0.4, -0.2) is 74.8 Å². The standard InChI is InChI=1S/C19H23ClFN7O2/c1-2-30-18-12-3-5-22-17(12)25-19(26-18)24-14-7-23-28(16(14)20)15-4-6-27(8-13(15)21)11-9-29-10-11/h3,5,7,11,13,15H,2,4,6,8-10H2,1H3,(H2,22,24,25,26)/t13-,15-/m0/s1. The van der Waals surface area contributed by atoms with Crippen molar-refractivity contribution in [1.82, 2.24) is 29.6 Å². The molecule has 3 aromatic rings. The highest BCUT2D eigenvalue weighted by Crippen LogP contribution is 2.34. The van der Waals surface area contributed by atoms with Crippen molar-refractivity contribution in [3.05, 3.63) is 23.6 Å². The molecular weight excluding hydrogens is 413 g/mol. The first kappa shape index (κ1) is 19.5. The number of ether oxygens (including phenoxy) is 2. The Hall–Kier alpha value is -2.43. The van der Waals surface area contributed by atoms with Gasteiger partial charge in [-0.25, -0.2) is 9.07 Å². The highest BCUT2D eigenvalue weighted by molar-refractivity contribution is 6.32. The summed E-state index contributed by atoms with van der Waals surface area (Å²) in [4.78, 5) is 14.1. The minimum Gasteiger partial charge on any atom is -0.477 e. The maximum Gasteiger partial charge on any atom is 0.232 e. The number of rotatable bonds is 6. The Bertz CT molecular complexity index is 1040. The molecule has 2 atom stereocenters. The van der Waals surface area contributed by atoms with Crippen molar-refractivity contribution in [2.24, 2.45) is 0 Å². The maximum atomic E-state index is 14.9. The van der Waals surface area contributed by atoms with Crippen LogP contribution in [0.2, 0.25) is 5.15 Å². The Morgan fingerprint density at radius 2 is 2.27 bits per heavy atom. The summed E-state index contributed by atoms with van der Waals surface area (Å²) < 4.78 is 27.3. The van der Waals surface area contributed by atoms with Crippen molar-refractivity contribution in [3.8, 4) is 5.88 Å². The molecule has 0 aliphatic carbocycles. The summed E-state index contributed by atoms with van der Waals surface area (Å²) >= 11 is 6.55. The molecule has 0 unspecified atom stereocenters. The monoisotopic (exact) mass is 435 g/mol. The van der Waals surface area contributed by atoms with Crippen LogP contribution in [0.25, 0.3) is 11.0 Å². The number of aromatic nitrogens is 5. The molecule has 2 N–H and O–H groups in total. The van der Waals surface area contributed by atoms with E-state index in [2.05, 4.69) is 30.3 Å². The number of fused-ring (bicyclic) bond motifs is 1. The van der Waals surface area contributed by atoms with E-state index in [0.29, 0.717) is 67.1 Å². The summed E-state index contributed by atoms with van der Waals surface area (Å²) in [5.41, 5.74) is 1.17. The number of hydrogen-bond donors (Lipinski definition) is 2. The van der Waals surface area contributed by atoms with Crippen LogP contribution in [0.3, 0.4) is 0 Å². The van der Waals surface area contributed by atoms with Gasteiger partial charge >= 0.3 is 0 Å². The van der Waals surface area contributed by atoms with Crippen molar-refractivity contribution >= 4 is 34.3 Å². The Labute approximate surface area is 177 Å². The number of aromatic amines is 1. The second kappa shape index (κ2) is 8.01. The third-order valence-corrected chi connectivity index (χ3v) is 6.01. The molecule has 9 nitrogen and oxygen atoms in total. The smallest absolute Gasteiger partial charge is 0.232 e. The lowest BCUT2D eigenvalue weighted by molar-refractivity contribution is -0.0847. The lowest BCUT2D eigenvalue weighted by Gasteiger charge is -2.42. The lowest BCUT2D eigenvalue weighted by atomic mass is 10.0. The van der Waals surface area contributed by atoms with Crippen LogP contribution < -0.4 is 10.1 Å². The van der Waals surface area contributed by atoms with E-state index in [0.717, 1.165) is 11.9 Å². The summed E-state index contributed by atoms with van der Waals surface area (Å²) in [6.45, 7) is 4.90. The van der Waals surface area contributed by atoms with Gasteiger partial charge in [-0.1, -0.05) is 11.6 Å². The van der Waals surface area contributed by atoms with Gasteiger partial charge in [-0.2, -0.15) is 15.1 Å². The van der Waals surface area contributed by atoms with E-state index < -0.39 is 12.2 Å². The Kier molecular flexibility index (Phi) is 5.21. The van der Waals surface area contributed by atoms with Crippen molar-refractivity contribution < 1.29 is 13.9 Å². The molecule has 30 heavy (non-hydrogen) atoms. The van der Waals surface area contributed by atoms with Gasteiger partial charge in [0.1, 0.15) is 11.8 Å². The fourth-order valence-corrected chi connectivity index (χ4v) is 4.22. The first-order valence-electron chi connectivity index (χ1n) is 10.1. The van der Waals surface area contributed by atoms with Crippen LogP contribution in [0, 0.1) is 0 Å². The van der Waals surface area contributed by atoms with Crippen LogP contribution in [0.4, 0.5) is 16.0 Å². The van der Waals surface area contributed by atoms with E-state index in [1.54, 1.807) is 17.1 Å². The van der Waals surface area contributed by atoms with E-state index in [-0.39, 0.29) is 0 Å². The number of halogens is 2. The molecule has 0 bridgehead atoms. The molecular formula is C19H23ClFN7O2. The zero-order valence-electron chi connectivity index (χ0n) is 16.5. The largest absolute Gasteiger partial charge is 0.477 e. The zero-order chi connectivity index (χ0) is 20.7. The first-order chi connectivity index (χ1) is 14.6. The van der Waals surface area contributed by atoms with Crippen LogP contribution in [-0.2, 0) is 4.74 Å². The number of hydrogen-bond acceptors (Lipinski definition) is 7. The fraction of sp³-hybridized carbons (Fsp3) is 0.526.